The number of hydrogen-bond donors (Lipinski definition) is 2. The summed E-state index contributed by atoms with van der Waals surface area (Å²) in [6.07, 6.45) is 1.84. The first-order valence-corrected chi connectivity index (χ1v) is 8.50. The van der Waals surface area contributed by atoms with Crippen LogP contribution >= 0.6 is 11.3 Å². The number of nitrogens with one attached hydrogen (secondary N) is 2. The Bertz CT molecular complexity index is 729. The number of carbonyl (C=O) groups excluding carboxylic acids is 2. The minimum Gasteiger partial charge on any atom is -0.337 e. The van der Waals surface area contributed by atoms with Gasteiger partial charge >= 0.3 is 6.03 Å². The Morgan fingerprint density at radius 3 is 2.75 bits per heavy atom. The molecule has 2 N–H and O–H groups in total. The van der Waals surface area contributed by atoms with Crippen molar-refractivity contribution in [3.8, 4) is 0 Å². The first kappa shape index (κ1) is 17.9. The number of benzene rings is 1. The van der Waals surface area contributed by atoms with Crippen molar-refractivity contribution in [1.29, 1.82) is 0 Å². The largest absolute Gasteiger partial charge is 0.337 e. The fraction of sp³-hybridized carbons (Fsp3) is 0.353. The molecule has 0 aliphatic heterocycles. The van der Waals surface area contributed by atoms with E-state index in [2.05, 4.69) is 15.6 Å². The Balaban J connectivity index is 1.90. The maximum atomic E-state index is 12.0. The van der Waals surface area contributed by atoms with Crippen molar-refractivity contribution in [2.24, 2.45) is 0 Å². The number of thiazole rings is 1. The monoisotopic (exact) mass is 346 g/mol. The molecule has 2 rings (SSSR count). The second-order valence-corrected chi connectivity index (χ2v) is 6.94. The van der Waals surface area contributed by atoms with Gasteiger partial charge in [-0.15, -0.1) is 11.3 Å². The minimum atomic E-state index is -0.280. The SMILES string of the molecule is CC(=O)N(C)c1cccc(NC(=O)NCC(C)c2ncc(C)s2)c1. The molecule has 128 valence electrons. The summed E-state index contributed by atoms with van der Waals surface area (Å²) in [4.78, 5) is 30.5. The van der Waals surface area contributed by atoms with Crippen molar-refractivity contribution in [3.63, 3.8) is 0 Å². The maximum absolute atomic E-state index is 12.0. The van der Waals surface area contributed by atoms with Crippen LogP contribution in [-0.2, 0) is 4.79 Å². The molecule has 2 aromatic rings. The molecule has 1 aromatic carbocycles. The first-order valence-electron chi connectivity index (χ1n) is 7.68. The number of aromatic nitrogens is 1. The molecule has 1 atom stereocenters. The van der Waals surface area contributed by atoms with Crippen molar-refractivity contribution >= 4 is 34.6 Å². The number of rotatable bonds is 5. The molecule has 0 spiro atoms. The van der Waals surface area contributed by atoms with Gasteiger partial charge in [-0.1, -0.05) is 13.0 Å². The van der Waals surface area contributed by atoms with Crippen LogP contribution in [0, 0.1) is 6.92 Å². The first-order chi connectivity index (χ1) is 11.4. The van der Waals surface area contributed by atoms with Gasteiger partial charge in [0.1, 0.15) is 0 Å². The third-order valence-corrected chi connectivity index (χ3v) is 4.74. The highest BCUT2D eigenvalue weighted by molar-refractivity contribution is 7.11. The Labute approximate surface area is 145 Å². The maximum Gasteiger partial charge on any atom is 0.319 e. The summed E-state index contributed by atoms with van der Waals surface area (Å²) in [5.41, 5.74) is 1.36. The molecule has 1 aromatic heterocycles. The van der Waals surface area contributed by atoms with Crippen molar-refractivity contribution in [3.05, 3.63) is 40.3 Å². The fourth-order valence-corrected chi connectivity index (χ4v) is 2.91. The third kappa shape index (κ3) is 4.79. The van der Waals surface area contributed by atoms with E-state index >= 15 is 0 Å². The standard InChI is InChI=1S/C17H22N4O2S/c1-11(16-18-10-12(2)24-16)9-19-17(23)20-14-6-5-7-15(8-14)21(4)13(3)22/h5-8,10-11H,9H2,1-4H3,(H2,19,20,23). The lowest BCUT2D eigenvalue weighted by Crippen LogP contribution is -2.31. The van der Waals surface area contributed by atoms with Crippen LogP contribution in [0.4, 0.5) is 16.2 Å². The number of nitrogens with zero attached hydrogens (tertiary/aromatic N) is 2. The summed E-state index contributed by atoms with van der Waals surface area (Å²) in [5, 5.41) is 6.64. The lowest BCUT2D eigenvalue weighted by Gasteiger charge is -2.16. The summed E-state index contributed by atoms with van der Waals surface area (Å²) in [5.74, 6) is 0.0915. The Kier molecular flexibility index (Phi) is 5.92. The Hall–Kier alpha value is -2.41. The van der Waals surface area contributed by atoms with Gasteiger partial charge in [0.05, 0.1) is 5.01 Å². The van der Waals surface area contributed by atoms with Crippen molar-refractivity contribution in [2.45, 2.75) is 26.7 Å². The smallest absolute Gasteiger partial charge is 0.319 e. The lowest BCUT2D eigenvalue weighted by molar-refractivity contribution is -0.116. The summed E-state index contributed by atoms with van der Waals surface area (Å²) >= 11 is 1.64. The van der Waals surface area contributed by atoms with Gasteiger partial charge in [0.2, 0.25) is 5.91 Å². The van der Waals surface area contributed by atoms with E-state index in [-0.39, 0.29) is 17.9 Å². The number of urea groups is 1. The number of carbonyl (C=O) groups is 2. The number of hydrogen-bond acceptors (Lipinski definition) is 4. The van der Waals surface area contributed by atoms with E-state index in [9.17, 15) is 9.59 Å². The zero-order chi connectivity index (χ0) is 17.7. The van der Waals surface area contributed by atoms with Crippen LogP contribution in [0.3, 0.4) is 0 Å². The Morgan fingerprint density at radius 1 is 1.38 bits per heavy atom. The molecule has 0 bridgehead atoms. The highest BCUT2D eigenvalue weighted by Crippen LogP contribution is 2.21. The second-order valence-electron chi connectivity index (χ2n) is 5.67. The molecular formula is C17H22N4O2S. The molecule has 0 saturated heterocycles. The molecular weight excluding hydrogens is 324 g/mol. The molecule has 24 heavy (non-hydrogen) atoms. The van der Waals surface area contributed by atoms with Gasteiger partial charge in [0.25, 0.3) is 0 Å². The van der Waals surface area contributed by atoms with E-state index in [1.54, 1.807) is 36.6 Å². The van der Waals surface area contributed by atoms with Gasteiger partial charge in [-0.25, -0.2) is 9.78 Å². The van der Waals surface area contributed by atoms with Crippen LogP contribution < -0.4 is 15.5 Å². The van der Waals surface area contributed by atoms with E-state index in [1.807, 2.05) is 26.1 Å². The van der Waals surface area contributed by atoms with E-state index in [4.69, 9.17) is 0 Å². The van der Waals surface area contributed by atoms with Crippen molar-refractivity contribution in [1.82, 2.24) is 10.3 Å². The minimum absolute atomic E-state index is 0.0656. The average Bonchev–Trinajstić information content (AvgIpc) is 2.98. The summed E-state index contributed by atoms with van der Waals surface area (Å²) in [6, 6.07) is 6.87. The molecule has 1 heterocycles. The normalized spacial score (nSPS) is 11.7. The summed E-state index contributed by atoms with van der Waals surface area (Å²) in [6.45, 7) is 6.04. The third-order valence-electron chi connectivity index (χ3n) is 3.59. The zero-order valence-corrected chi connectivity index (χ0v) is 15.1. The molecule has 6 nitrogen and oxygen atoms in total. The molecule has 0 aliphatic rings. The van der Waals surface area contributed by atoms with E-state index in [0.29, 0.717) is 12.2 Å². The zero-order valence-electron chi connectivity index (χ0n) is 14.3. The van der Waals surface area contributed by atoms with Gasteiger partial charge in [0, 0.05) is 48.9 Å². The summed E-state index contributed by atoms with van der Waals surface area (Å²) < 4.78 is 0. The van der Waals surface area contributed by atoms with Crippen LogP contribution in [0.5, 0.6) is 0 Å². The molecule has 1 unspecified atom stereocenters. The van der Waals surface area contributed by atoms with Crippen molar-refractivity contribution < 1.29 is 9.59 Å². The fourth-order valence-electron chi connectivity index (χ4n) is 2.08. The van der Waals surface area contributed by atoms with E-state index in [1.165, 1.54) is 11.8 Å². The van der Waals surface area contributed by atoms with Gasteiger partial charge in [0.15, 0.2) is 0 Å². The van der Waals surface area contributed by atoms with E-state index in [0.717, 1.165) is 15.6 Å². The van der Waals surface area contributed by atoms with Gasteiger partial charge in [-0.3, -0.25) is 4.79 Å². The number of amides is 3. The quantitative estimate of drug-likeness (QED) is 0.872. The van der Waals surface area contributed by atoms with Gasteiger partial charge in [-0.2, -0.15) is 0 Å². The van der Waals surface area contributed by atoms with Crippen LogP contribution in [0.1, 0.15) is 29.7 Å². The van der Waals surface area contributed by atoms with Crippen molar-refractivity contribution in [2.75, 3.05) is 23.8 Å². The second kappa shape index (κ2) is 7.92. The molecule has 0 aliphatic carbocycles. The van der Waals surface area contributed by atoms with Gasteiger partial charge < -0.3 is 15.5 Å². The molecule has 3 amide bonds. The highest BCUT2D eigenvalue weighted by atomic mass is 32.1. The molecule has 0 saturated carbocycles. The van der Waals surface area contributed by atoms with E-state index < -0.39 is 0 Å². The lowest BCUT2D eigenvalue weighted by atomic mass is 10.2. The topological polar surface area (TPSA) is 74.3 Å². The van der Waals surface area contributed by atoms with Gasteiger partial charge in [-0.05, 0) is 25.1 Å². The highest BCUT2D eigenvalue weighted by Gasteiger charge is 2.12. The Morgan fingerprint density at radius 2 is 2.12 bits per heavy atom. The number of anilines is 2. The summed E-state index contributed by atoms with van der Waals surface area (Å²) in [7, 11) is 1.69. The molecule has 7 heteroatoms. The van der Waals surface area contributed by atoms with Crippen LogP contribution in [0.2, 0.25) is 0 Å². The van der Waals surface area contributed by atoms with Crippen LogP contribution in [-0.4, -0.2) is 30.5 Å². The average molecular weight is 346 g/mol. The van der Waals surface area contributed by atoms with Crippen LogP contribution in [0.25, 0.3) is 0 Å². The molecule has 0 fully saturated rings. The predicted octanol–water partition coefficient (Wildman–Crippen LogP) is 3.36. The number of aryl methyl sites for hydroxylation is 1. The molecule has 0 radical (unpaired) electrons. The predicted molar refractivity (Wildman–Crippen MR) is 97.8 cm³/mol. The van der Waals surface area contributed by atoms with Crippen LogP contribution in [0.15, 0.2) is 30.5 Å².